The van der Waals surface area contributed by atoms with Crippen molar-refractivity contribution >= 4 is 11.6 Å². The maximum absolute atomic E-state index is 13.2. The van der Waals surface area contributed by atoms with Gasteiger partial charge in [-0.15, -0.1) is 0 Å². The molecule has 2 heterocycles. The summed E-state index contributed by atoms with van der Waals surface area (Å²) in [4.78, 5) is 15.7. The van der Waals surface area contributed by atoms with Gasteiger partial charge in [0.05, 0.1) is 26.2 Å². The standard InChI is InChI=1S/C24H31N3O3/c1-29-21-14-19-18(10-13-27-11-4-3-5-12-27)24(28)26-23(20(19)15-22(21)30-2)16-6-8-17(25)9-7-16/h6-9,14-15,18,23H,3-5,10-13,25H2,1-2H3,(H,26,28). The number of hydrogen-bond acceptors (Lipinski definition) is 5. The van der Waals surface area contributed by atoms with Gasteiger partial charge >= 0.3 is 0 Å². The number of likely N-dealkylation sites (tertiary alicyclic amines) is 1. The molecule has 2 atom stereocenters. The molecule has 3 N–H and O–H groups in total. The van der Waals surface area contributed by atoms with Crippen LogP contribution in [-0.2, 0) is 4.79 Å². The summed E-state index contributed by atoms with van der Waals surface area (Å²) in [5.74, 6) is 1.19. The van der Waals surface area contributed by atoms with Crippen molar-refractivity contribution in [1.82, 2.24) is 10.2 Å². The molecule has 6 nitrogen and oxygen atoms in total. The van der Waals surface area contributed by atoms with Gasteiger partial charge in [0.2, 0.25) is 5.91 Å². The van der Waals surface area contributed by atoms with E-state index in [1.807, 2.05) is 36.4 Å². The van der Waals surface area contributed by atoms with Crippen LogP contribution in [0.2, 0.25) is 0 Å². The van der Waals surface area contributed by atoms with E-state index >= 15 is 0 Å². The van der Waals surface area contributed by atoms with E-state index in [1.165, 1.54) is 19.3 Å². The summed E-state index contributed by atoms with van der Waals surface area (Å²) < 4.78 is 11.1. The minimum absolute atomic E-state index is 0.0635. The van der Waals surface area contributed by atoms with Crippen molar-refractivity contribution in [3.63, 3.8) is 0 Å². The number of anilines is 1. The highest BCUT2D eigenvalue weighted by atomic mass is 16.5. The molecule has 2 aromatic carbocycles. The fourth-order valence-electron chi connectivity index (χ4n) is 4.66. The van der Waals surface area contributed by atoms with Crippen LogP contribution in [0.3, 0.4) is 0 Å². The lowest BCUT2D eigenvalue weighted by Crippen LogP contribution is -2.41. The molecule has 0 aliphatic carbocycles. The minimum atomic E-state index is -0.237. The molecular weight excluding hydrogens is 378 g/mol. The lowest BCUT2D eigenvalue weighted by molar-refractivity contribution is -0.124. The maximum Gasteiger partial charge on any atom is 0.228 e. The van der Waals surface area contributed by atoms with Crippen LogP contribution in [0, 0.1) is 0 Å². The highest BCUT2D eigenvalue weighted by molar-refractivity contribution is 5.87. The molecule has 2 unspecified atom stereocenters. The van der Waals surface area contributed by atoms with Gasteiger partial charge in [0, 0.05) is 5.69 Å². The van der Waals surface area contributed by atoms with Crippen molar-refractivity contribution in [1.29, 1.82) is 0 Å². The summed E-state index contributed by atoms with van der Waals surface area (Å²) in [7, 11) is 3.27. The van der Waals surface area contributed by atoms with Crippen molar-refractivity contribution in [2.24, 2.45) is 0 Å². The van der Waals surface area contributed by atoms with Crippen molar-refractivity contribution in [3.05, 3.63) is 53.1 Å². The molecule has 0 aromatic heterocycles. The number of nitrogens with zero attached hydrogens (tertiary/aromatic N) is 1. The fraction of sp³-hybridized carbons (Fsp3) is 0.458. The van der Waals surface area contributed by atoms with Gasteiger partial charge < -0.3 is 25.4 Å². The minimum Gasteiger partial charge on any atom is -0.493 e. The molecular formula is C24H31N3O3. The second-order valence-electron chi connectivity index (χ2n) is 8.19. The SMILES string of the molecule is COc1cc2c(cc1OC)C(c1ccc(N)cc1)NC(=O)C2CCN1CCCCC1. The Morgan fingerprint density at radius 3 is 2.27 bits per heavy atom. The van der Waals surface area contributed by atoms with E-state index < -0.39 is 0 Å². The number of benzene rings is 2. The Hall–Kier alpha value is -2.73. The van der Waals surface area contributed by atoms with Gasteiger partial charge in [-0.1, -0.05) is 18.6 Å². The summed E-state index contributed by atoms with van der Waals surface area (Å²) in [6, 6.07) is 11.4. The zero-order chi connectivity index (χ0) is 21.1. The normalized spacial score (nSPS) is 21.6. The second kappa shape index (κ2) is 8.96. The van der Waals surface area contributed by atoms with E-state index in [0.29, 0.717) is 17.2 Å². The van der Waals surface area contributed by atoms with Crippen LogP contribution in [0.1, 0.15) is 54.3 Å². The average molecular weight is 410 g/mol. The van der Waals surface area contributed by atoms with Gasteiger partial charge in [-0.2, -0.15) is 0 Å². The Kier molecular flexibility index (Phi) is 6.13. The number of rotatable bonds is 6. The molecule has 1 saturated heterocycles. The number of nitrogen functional groups attached to an aromatic ring is 1. The van der Waals surface area contributed by atoms with Gasteiger partial charge in [-0.05, 0) is 79.9 Å². The van der Waals surface area contributed by atoms with Gasteiger partial charge in [-0.25, -0.2) is 0 Å². The number of nitrogens with two attached hydrogens (primary N) is 1. The molecule has 2 aromatic rings. The van der Waals surface area contributed by atoms with Crippen molar-refractivity contribution in [2.45, 2.75) is 37.6 Å². The summed E-state index contributed by atoms with van der Waals surface area (Å²) in [6.07, 6.45) is 4.60. The molecule has 160 valence electrons. The largest absolute Gasteiger partial charge is 0.493 e. The van der Waals surface area contributed by atoms with Crippen LogP contribution in [0.4, 0.5) is 5.69 Å². The van der Waals surface area contributed by atoms with E-state index in [-0.39, 0.29) is 17.9 Å². The first-order valence-corrected chi connectivity index (χ1v) is 10.7. The third-order valence-electron chi connectivity index (χ3n) is 6.33. The number of piperidine rings is 1. The Bertz CT molecular complexity index is 891. The molecule has 0 radical (unpaired) electrons. The number of methoxy groups -OCH3 is 2. The lowest BCUT2D eigenvalue weighted by atomic mass is 9.81. The smallest absolute Gasteiger partial charge is 0.228 e. The van der Waals surface area contributed by atoms with Gasteiger partial charge in [0.15, 0.2) is 11.5 Å². The monoisotopic (exact) mass is 409 g/mol. The van der Waals surface area contributed by atoms with E-state index in [4.69, 9.17) is 15.2 Å². The predicted octanol–water partition coefficient (Wildman–Crippen LogP) is 3.46. The van der Waals surface area contributed by atoms with Gasteiger partial charge in [0.25, 0.3) is 0 Å². The molecule has 4 rings (SSSR count). The van der Waals surface area contributed by atoms with Crippen molar-refractivity contribution in [2.75, 3.05) is 39.6 Å². The molecule has 30 heavy (non-hydrogen) atoms. The number of carbonyl (C=O) groups is 1. The highest BCUT2D eigenvalue weighted by Gasteiger charge is 2.35. The number of nitrogens with one attached hydrogen (secondary N) is 1. The molecule has 1 fully saturated rings. The number of hydrogen-bond donors (Lipinski definition) is 2. The zero-order valence-electron chi connectivity index (χ0n) is 17.8. The second-order valence-corrected chi connectivity index (χ2v) is 8.19. The van der Waals surface area contributed by atoms with Gasteiger partial charge in [-0.3, -0.25) is 4.79 Å². The predicted molar refractivity (Wildman–Crippen MR) is 118 cm³/mol. The zero-order valence-corrected chi connectivity index (χ0v) is 17.8. The first-order chi connectivity index (χ1) is 14.6. The molecule has 1 amide bonds. The first kappa shape index (κ1) is 20.5. The van der Waals surface area contributed by atoms with E-state index in [2.05, 4.69) is 10.2 Å². The van der Waals surface area contributed by atoms with Crippen molar-refractivity contribution in [3.8, 4) is 11.5 Å². The Balaban J connectivity index is 1.69. The van der Waals surface area contributed by atoms with E-state index in [9.17, 15) is 4.79 Å². The molecule has 0 spiro atoms. The quantitative estimate of drug-likeness (QED) is 0.715. The van der Waals surface area contributed by atoms with Crippen LogP contribution >= 0.6 is 0 Å². The molecule has 2 aliphatic heterocycles. The summed E-state index contributed by atoms with van der Waals surface area (Å²) in [5, 5.41) is 3.24. The third-order valence-corrected chi connectivity index (χ3v) is 6.33. The topological polar surface area (TPSA) is 76.8 Å². The number of ether oxygens (including phenoxy) is 2. The molecule has 0 saturated carbocycles. The average Bonchev–Trinajstić information content (AvgIpc) is 2.78. The number of fused-ring (bicyclic) bond motifs is 1. The van der Waals surface area contributed by atoms with E-state index in [0.717, 1.165) is 42.7 Å². The van der Waals surface area contributed by atoms with Crippen LogP contribution < -0.4 is 20.5 Å². The van der Waals surface area contributed by atoms with E-state index in [1.54, 1.807) is 14.2 Å². The Labute approximate surface area is 178 Å². The summed E-state index contributed by atoms with van der Waals surface area (Å²) in [6.45, 7) is 3.18. The Morgan fingerprint density at radius 2 is 1.63 bits per heavy atom. The Morgan fingerprint density at radius 1 is 1.00 bits per heavy atom. The van der Waals surface area contributed by atoms with Crippen LogP contribution in [-0.4, -0.2) is 44.7 Å². The number of carbonyl (C=O) groups excluding carboxylic acids is 1. The van der Waals surface area contributed by atoms with Crippen LogP contribution in [0.25, 0.3) is 0 Å². The summed E-state index contributed by atoms with van der Waals surface area (Å²) >= 11 is 0. The first-order valence-electron chi connectivity index (χ1n) is 10.7. The summed E-state index contributed by atoms with van der Waals surface area (Å²) in [5.41, 5.74) is 9.65. The maximum atomic E-state index is 13.2. The van der Waals surface area contributed by atoms with Crippen molar-refractivity contribution < 1.29 is 14.3 Å². The third kappa shape index (κ3) is 4.10. The molecule has 6 heteroatoms. The van der Waals surface area contributed by atoms with Gasteiger partial charge in [0.1, 0.15) is 0 Å². The van der Waals surface area contributed by atoms with Crippen LogP contribution in [0.5, 0.6) is 11.5 Å². The highest BCUT2D eigenvalue weighted by Crippen LogP contribution is 2.42. The fourth-order valence-corrected chi connectivity index (χ4v) is 4.66. The molecule has 0 bridgehead atoms. The molecule has 2 aliphatic rings. The number of amides is 1. The van der Waals surface area contributed by atoms with Crippen LogP contribution in [0.15, 0.2) is 36.4 Å². The lowest BCUT2D eigenvalue weighted by Gasteiger charge is -2.35.